The Morgan fingerprint density at radius 3 is 2.70 bits per heavy atom. The van der Waals surface area contributed by atoms with Gasteiger partial charge < -0.3 is 20.3 Å². The first-order chi connectivity index (χ1) is 13.1. The average molecular weight is 365 g/mol. The number of carbonyl (C=O) groups excluding carboxylic acids is 1. The van der Waals surface area contributed by atoms with E-state index in [9.17, 15) is 9.90 Å². The molecule has 2 aromatic carbocycles. The van der Waals surface area contributed by atoms with E-state index in [1.54, 1.807) is 12.1 Å². The van der Waals surface area contributed by atoms with Crippen LogP contribution in [0, 0.1) is 6.92 Å². The quantitative estimate of drug-likeness (QED) is 0.533. The number of aromatic hydroxyl groups is 1. The summed E-state index contributed by atoms with van der Waals surface area (Å²) in [7, 11) is 0. The Labute approximate surface area is 158 Å². The Morgan fingerprint density at radius 1 is 1.11 bits per heavy atom. The summed E-state index contributed by atoms with van der Waals surface area (Å²) in [5.74, 6) is 0.636. The average Bonchev–Trinajstić information content (AvgIpc) is 3.18. The maximum absolute atomic E-state index is 12.1. The number of hydrogen-bond donors (Lipinski definition) is 3. The Bertz CT molecular complexity index is 891. The molecule has 0 aliphatic heterocycles. The number of rotatable bonds is 8. The summed E-state index contributed by atoms with van der Waals surface area (Å²) in [6, 6.07) is 16.8. The van der Waals surface area contributed by atoms with Crippen molar-refractivity contribution in [2.75, 3.05) is 13.1 Å². The standard InChI is InChI=1S/C21H23N3O3/c1-15-8-9-16(12-19(15)25)14-22-10-5-11-23-21(26)18-13-20(27-24-18)17-6-3-2-4-7-17/h2-4,6-9,12-13,22,25H,5,10-11,14H2,1H3,(H,23,26). The molecule has 0 saturated carbocycles. The van der Waals surface area contributed by atoms with Gasteiger partial charge in [0.15, 0.2) is 11.5 Å². The van der Waals surface area contributed by atoms with E-state index in [2.05, 4.69) is 15.8 Å². The predicted octanol–water partition coefficient (Wildman–Crippen LogP) is 3.27. The van der Waals surface area contributed by atoms with Gasteiger partial charge >= 0.3 is 0 Å². The smallest absolute Gasteiger partial charge is 0.273 e. The highest BCUT2D eigenvalue weighted by Crippen LogP contribution is 2.19. The van der Waals surface area contributed by atoms with Crippen LogP contribution in [0.25, 0.3) is 11.3 Å². The molecule has 0 aliphatic rings. The summed E-state index contributed by atoms with van der Waals surface area (Å²) in [4.78, 5) is 12.1. The Balaban J connectivity index is 1.37. The van der Waals surface area contributed by atoms with E-state index in [0.29, 0.717) is 24.6 Å². The zero-order valence-electron chi connectivity index (χ0n) is 15.2. The number of phenols is 1. The number of phenolic OH excluding ortho intramolecular Hbond substituents is 1. The summed E-state index contributed by atoms with van der Waals surface area (Å²) >= 11 is 0. The lowest BCUT2D eigenvalue weighted by atomic mass is 10.1. The van der Waals surface area contributed by atoms with Crippen LogP contribution in [0.15, 0.2) is 59.1 Å². The van der Waals surface area contributed by atoms with Crippen molar-refractivity contribution in [1.29, 1.82) is 0 Å². The monoisotopic (exact) mass is 365 g/mol. The number of amides is 1. The molecular formula is C21H23N3O3. The highest BCUT2D eigenvalue weighted by molar-refractivity contribution is 5.93. The Kier molecular flexibility index (Phi) is 6.22. The van der Waals surface area contributed by atoms with Gasteiger partial charge in [-0.25, -0.2) is 0 Å². The van der Waals surface area contributed by atoms with Gasteiger partial charge in [0.05, 0.1) is 0 Å². The summed E-state index contributed by atoms with van der Waals surface area (Å²) in [5.41, 5.74) is 3.05. The Hall–Kier alpha value is -3.12. The lowest BCUT2D eigenvalue weighted by Gasteiger charge is -2.07. The number of hydrogen-bond acceptors (Lipinski definition) is 5. The van der Waals surface area contributed by atoms with E-state index < -0.39 is 0 Å². The second-order valence-corrected chi connectivity index (χ2v) is 6.35. The van der Waals surface area contributed by atoms with Crippen molar-refractivity contribution >= 4 is 5.91 Å². The van der Waals surface area contributed by atoms with E-state index in [-0.39, 0.29) is 11.6 Å². The highest BCUT2D eigenvalue weighted by atomic mass is 16.5. The lowest BCUT2D eigenvalue weighted by Crippen LogP contribution is -2.27. The summed E-state index contributed by atoms with van der Waals surface area (Å²) in [5, 5.41) is 19.7. The molecule has 6 nitrogen and oxygen atoms in total. The van der Waals surface area contributed by atoms with Crippen molar-refractivity contribution in [3.63, 3.8) is 0 Å². The molecule has 1 heterocycles. The van der Waals surface area contributed by atoms with E-state index in [1.165, 1.54) is 0 Å². The van der Waals surface area contributed by atoms with Gasteiger partial charge in [0.25, 0.3) is 5.91 Å². The number of aromatic nitrogens is 1. The van der Waals surface area contributed by atoms with Crippen LogP contribution in [-0.4, -0.2) is 29.3 Å². The SMILES string of the molecule is Cc1ccc(CNCCCNC(=O)c2cc(-c3ccccc3)on2)cc1O. The third kappa shape index (κ3) is 5.18. The molecule has 3 aromatic rings. The van der Waals surface area contributed by atoms with Gasteiger partial charge in [-0.1, -0.05) is 47.6 Å². The van der Waals surface area contributed by atoms with E-state index >= 15 is 0 Å². The molecular weight excluding hydrogens is 342 g/mol. The molecule has 27 heavy (non-hydrogen) atoms. The van der Waals surface area contributed by atoms with Crippen molar-refractivity contribution in [3.05, 3.63) is 71.4 Å². The molecule has 0 saturated heterocycles. The molecule has 3 N–H and O–H groups in total. The first kappa shape index (κ1) is 18.7. The minimum absolute atomic E-state index is 0.246. The molecule has 0 radical (unpaired) electrons. The fraction of sp³-hybridized carbons (Fsp3) is 0.238. The van der Waals surface area contributed by atoms with Crippen LogP contribution in [0.4, 0.5) is 0 Å². The van der Waals surface area contributed by atoms with Gasteiger partial charge in [0.1, 0.15) is 5.75 Å². The van der Waals surface area contributed by atoms with Crippen LogP contribution in [-0.2, 0) is 6.54 Å². The third-order valence-electron chi connectivity index (χ3n) is 4.22. The molecule has 140 valence electrons. The van der Waals surface area contributed by atoms with Gasteiger partial charge in [0.2, 0.25) is 0 Å². The van der Waals surface area contributed by atoms with Gasteiger partial charge in [-0.05, 0) is 37.1 Å². The number of aryl methyl sites for hydroxylation is 1. The van der Waals surface area contributed by atoms with Crippen molar-refractivity contribution in [1.82, 2.24) is 15.8 Å². The fourth-order valence-electron chi connectivity index (χ4n) is 2.62. The van der Waals surface area contributed by atoms with E-state index in [1.807, 2.05) is 49.4 Å². The number of nitrogens with one attached hydrogen (secondary N) is 2. The van der Waals surface area contributed by atoms with Gasteiger partial charge in [-0.15, -0.1) is 0 Å². The summed E-state index contributed by atoms with van der Waals surface area (Å²) in [6.07, 6.45) is 0.785. The number of benzene rings is 2. The normalized spacial score (nSPS) is 10.7. The van der Waals surface area contributed by atoms with Crippen molar-refractivity contribution in [2.45, 2.75) is 19.9 Å². The first-order valence-electron chi connectivity index (χ1n) is 8.93. The van der Waals surface area contributed by atoms with E-state index in [4.69, 9.17) is 4.52 Å². The first-order valence-corrected chi connectivity index (χ1v) is 8.93. The van der Waals surface area contributed by atoms with Crippen LogP contribution in [0.5, 0.6) is 5.75 Å². The molecule has 0 atom stereocenters. The van der Waals surface area contributed by atoms with Crippen LogP contribution < -0.4 is 10.6 Å². The maximum Gasteiger partial charge on any atom is 0.273 e. The lowest BCUT2D eigenvalue weighted by molar-refractivity contribution is 0.0944. The minimum atomic E-state index is -0.246. The van der Waals surface area contributed by atoms with Crippen LogP contribution in [0.1, 0.15) is 28.0 Å². The van der Waals surface area contributed by atoms with Crippen molar-refractivity contribution in [2.24, 2.45) is 0 Å². The molecule has 0 fully saturated rings. The molecule has 0 unspecified atom stereocenters. The zero-order chi connectivity index (χ0) is 19.1. The van der Waals surface area contributed by atoms with Crippen LogP contribution >= 0.6 is 0 Å². The largest absolute Gasteiger partial charge is 0.508 e. The molecule has 1 aromatic heterocycles. The fourth-order valence-corrected chi connectivity index (χ4v) is 2.62. The topological polar surface area (TPSA) is 87.4 Å². The third-order valence-corrected chi connectivity index (χ3v) is 4.22. The molecule has 3 rings (SSSR count). The summed E-state index contributed by atoms with van der Waals surface area (Å²) < 4.78 is 5.24. The summed E-state index contributed by atoms with van der Waals surface area (Å²) in [6.45, 7) is 3.83. The molecule has 1 amide bonds. The minimum Gasteiger partial charge on any atom is -0.508 e. The maximum atomic E-state index is 12.1. The highest BCUT2D eigenvalue weighted by Gasteiger charge is 2.12. The van der Waals surface area contributed by atoms with Crippen LogP contribution in [0.3, 0.4) is 0 Å². The second-order valence-electron chi connectivity index (χ2n) is 6.35. The molecule has 0 spiro atoms. The Morgan fingerprint density at radius 2 is 1.93 bits per heavy atom. The van der Waals surface area contributed by atoms with E-state index in [0.717, 1.165) is 29.7 Å². The van der Waals surface area contributed by atoms with Gasteiger partial charge in [-0.3, -0.25) is 4.79 Å². The van der Waals surface area contributed by atoms with Crippen molar-refractivity contribution in [3.8, 4) is 17.1 Å². The molecule has 0 bridgehead atoms. The van der Waals surface area contributed by atoms with Gasteiger partial charge in [0, 0.05) is 24.7 Å². The number of nitrogens with zero attached hydrogens (tertiary/aromatic N) is 1. The van der Waals surface area contributed by atoms with Crippen LogP contribution in [0.2, 0.25) is 0 Å². The second kappa shape index (κ2) is 9.00. The molecule has 6 heteroatoms. The molecule has 0 aliphatic carbocycles. The number of carbonyl (C=O) groups is 1. The van der Waals surface area contributed by atoms with Crippen molar-refractivity contribution < 1.29 is 14.4 Å². The van der Waals surface area contributed by atoms with Gasteiger partial charge in [-0.2, -0.15) is 0 Å². The zero-order valence-corrected chi connectivity index (χ0v) is 15.2. The predicted molar refractivity (Wildman–Crippen MR) is 103 cm³/mol.